The van der Waals surface area contributed by atoms with Crippen LogP contribution in [0, 0.1) is 13.8 Å². The second-order valence-corrected chi connectivity index (χ2v) is 9.41. The van der Waals surface area contributed by atoms with E-state index in [9.17, 15) is 8.42 Å². The molecule has 4 aromatic rings. The summed E-state index contributed by atoms with van der Waals surface area (Å²) in [5.41, 5.74) is 5.27. The molecule has 1 fully saturated rings. The Hall–Kier alpha value is -2.74. The summed E-state index contributed by atoms with van der Waals surface area (Å²) in [4.78, 5) is 9.34. The van der Waals surface area contributed by atoms with Gasteiger partial charge in [0.25, 0.3) is 0 Å². The number of nitrogens with zero attached hydrogens (tertiary/aromatic N) is 5. The third-order valence-electron chi connectivity index (χ3n) is 5.27. The monoisotopic (exact) mass is 381 g/mol. The molecular formula is C19H19N5O2S. The van der Waals surface area contributed by atoms with Gasteiger partial charge in [0.1, 0.15) is 5.65 Å². The van der Waals surface area contributed by atoms with Crippen molar-refractivity contribution in [2.24, 2.45) is 0 Å². The van der Waals surface area contributed by atoms with Crippen molar-refractivity contribution in [2.75, 3.05) is 11.5 Å². The van der Waals surface area contributed by atoms with Crippen LogP contribution in [0.4, 0.5) is 0 Å². The SMILES string of the molecule is Cc1cc(-c2cnc3ccccn23)nc2c1c(C)nn2C1CCS(=O)(=O)C1. The van der Waals surface area contributed by atoms with E-state index in [2.05, 4.69) is 10.1 Å². The van der Waals surface area contributed by atoms with Crippen molar-refractivity contribution >= 4 is 26.5 Å². The van der Waals surface area contributed by atoms with E-state index in [0.717, 1.165) is 39.3 Å². The standard InChI is InChI=1S/C19H19N5O2S/c1-12-9-15(16-10-20-17-5-3-4-7-23(16)17)21-19-18(12)13(2)22-24(19)14-6-8-27(25,26)11-14/h3-5,7,9-10,14H,6,8,11H2,1-2H3. The van der Waals surface area contributed by atoms with Gasteiger partial charge in [-0.25, -0.2) is 23.1 Å². The molecule has 1 unspecified atom stereocenters. The molecule has 0 radical (unpaired) electrons. The highest BCUT2D eigenvalue weighted by Crippen LogP contribution is 2.31. The first kappa shape index (κ1) is 16.4. The summed E-state index contributed by atoms with van der Waals surface area (Å²) in [6.07, 6.45) is 4.36. The maximum absolute atomic E-state index is 12.0. The fraction of sp³-hybridized carbons (Fsp3) is 0.316. The van der Waals surface area contributed by atoms with Crippen molar-refractivity contribution < 1.29 is 8.42 Å². The number of rotatable bonds is 2. The maximum Gasteiger partial charge on any atom is 0.159 e. The van der Waals surface area contributed by atoms with Crippen molar-refractivity contribution in [1.29, 1.82) is 0 Å². The normalized spacial score (nSPS) is 19.3. The van der Waals surface area contributed by atoms with Gasteiger partial charge in [-0.15, -0.1) is 0 Å². The average Bonchev–Trinajstić information content (AvgIpc) is 3.30. The Balaban J connectivity index is 1.73. The van der Waals surface area contributed by atoms with Gasteiger partial charge in [-0.2, -0.15) is 5.10 Å². The first-order valence-electron chi connectivity index (χ1n) is 8.92. The first-order valence-corrected chi connectivity index (χ1v) is 10.7. The lowest BCUT2D eigenvalue weighted by Crippen LogP contribution is -2.13. The van der Waals surface area contributed by atoms with E-state index in [1.54, 1.807) is 0 Å². The Bertz CT molecular complexity index is 1300. The second-order valence-electron chi connectivity index (χ2n) is 7.18. The third kappa shape index (κ3) is 2.55. The highest BCUT2D eigenvalue weighted by Gasteiger charge is 2.31. The Kier molecular flexibility index (Phi) is 3.42. The number of aromatic nitrogens is 5. The van der Waals surface area contributed by atoms with Crippen LogP contribution < -0.4 is 0 Å². The largest absolute Gasteiger partial charge is 0.298 e. The molecule has 7 nitrogen and oxygen atoms in total. The van der Waals surface area contributed by atoms with Crippen LogP contribution in [0.25, 0.3) is 28.1 Å². The highest BCUT2D eigenvalue weighted by molar-refractivity contribution is 7.91. The quantitative estimate of drug-likeness (QED) is 0.533. The zero-order valence-electron chi connectivity index (χ0n) is 15.1. The van der Waals surface area contributed by atoms with E-state index in [1.807, 2.05) is 59.6 Å². The van der Waals surface area contributed by atoms with Gasteiger partial charge in [-0.1, -0.05) is 6.07 Å². The number of aryl methyl sites for hydroxylation is 2. The number of hydrogen-bond donors (Lipinski definition) is 0. The first-order chi connectivity index (χ1) is 12.9. The van der Waals surface area contributed by atoms with Gasteiger partial charge in [-0.05, 0) is 44.0 Å². The Morgan fingerprint density at radius 3 is 2.85 bits per heavy atom. The van der Waals surface area contributed by atoms with E-state index in [0.29, 0.717) is 6.42 Å². The van der Waals surface area contributed by atoms with Crippen LogP contribution >= 0.6 is 0 Å². The molecule has 4 aromatic heterocycles. The van der Waals surface area contributed by atoms with Crippen LogP contribution in [-0.2, 0) is 9.84 Å². The Morgan fingerprint density at radius 2 is 2.07 bits per heavy atom. The molecule has 1 atom stereocenters. The van der Waals surface area contributed by atoms with Gasteiger partial charge in [0.15, 0.2) is 15.5 Å². The Morgan fingerprint density at radius 1 is 1.22 bits per heavy atom. The van der Waals surface area contributed by atoms with Gasteiger partial charge >= 0.3 is 0 Å². The third-order valence-corrected chi connectivity index (χ3v) is 7.02. The average molecular weight is 381 g/mol. The minimum atomic E-state index is -3.00. The molecule has 27 heavy (non-hydrogen) atoms. The number of sulfone groups is 1. The number of fused-ring (bicyclic) bond motifs is 2. The predicted molar refractivity (Wildman–Crippen MR) is 103 cm³/mol. The summed E-state index contributed by atoms with van der Waals surface area (Å²) in [7, 11) is -3.00. The van der Waals surface area contributed by atoms with Crippen LogP contribution in [0.2, 0.25) is 0 Å². The van der Waals surface area contributed by atoms with E-state index in [4.69, 9.17) is 4.98 Å². The molecule has 0 aromatic carbocycles. The van der Waals surface area contributed by atoms with E-state index in [1.165, 1.54) is 0 Å². The second kappa shape index (κ2) is 5.63. The molecule has 5 heterocycles. The topological polar surface area (TPSA) is 82.2 Å². The predicted octanol–water partition coefficient (Wildman–Crippen LogP) is 2.72. The molecule has 1 aliphatic rings. The molecule has 0 amide bonds. The van der Waals surface area contributed by atoms with Crippen LogP contribution in [-0.4, -0.2) is 44.1 Å². The molecule has 0 spiro atoms. The number of hydrogen-bond acceptors (Lipinski definition) is 5. The summed E-state index contributed by atoms with van der Waals surface area (Å²) in [6.45, 7) is 3.99. The van der Waals surface area contributed by atoms with Crippen molar-refractivity contribution in [3.63, 3.8) is 0 Å². The molecule has 0 bridgehead atoms. The van der Waals surface area contributed by atoms with E-state index >= 15 is 0 Å². The summed E-state index contributed by atoms with van der Waals surface area (Å²) < 4.78 is 27.7. The fourth-order valence-corrected chi connectivity index (χ4v) is 5.70. The van der Waals surface area contributed by atoms with Crippen molar-refractivity contribution in [2.45, 2.75) is 26.3 Å². The van der Waals surface area contributed by atoms with E-state index < -0.39 is 9.84 Å². The minimum absolute atomic E-state index is 0.129. The summed E-state index contributed by atoms with van der Waals surface area (Å²) in [6, 6.07) is 7.75. The minimum Gasteiger partial charge on any atom is -0.298 e. The summed E-state index contributed by atoms with van der Waals surface area (Å²) >= 11 is 0. The fourth-order valence-electron chi connectivity index (χ4n) is 4.00. The lowest BCUT2D eigenvalue weighted by molar-refractivity contribution is 0.509. The van der Waals surface area contributed by atoms with Crippen molar-refractivity contribution in [3.05, 3.63) is 47.9 Å². The zero-order chi connectivity index (χ0) is 18.8. The van der Waals surface area contributed by atoms with Crippen LogP contribution in [0.3, 0.4) is 0 Å². The van der Waals surface area contributed by atoms with Gasteiger partial charge in [0, 0.05) is 11.6 Å². The summed E-state index contributed by atoms with van der Waals surface area (Å²) in [5.74, 6) is 0.341. The van der Waals surface area contributed by atoms with Crippen molar-refractivity contribution in [1.82, 2.24) is 24.1 Å². The van der Waals surface area contributed by atoms with Crippen LogP contribution in [0.5, 0.6) is 0 Å². The molecule has 5 rings (SSSR count). The molecular weight excluding hydrogens is 362 g/mol. The van der Waals surface area contributed by atoms with Gasteiger partial charge in [-0.3, -0.25) is 4.40 Å². The molecule has 138 valence electrons. The Labute approximate surface area is 156 Å². The highest BCUT2D eigenvalue weighted by atomic mass is 32.2. The maximum atomic E-state index is 12.0. The zero-order valence-corrected chi connectivity index (χ0v) is 15.9. The van der Waals surface area contributed by atoms with Gasteiger partial charge < -0.3 is 0 Å². The van der Waals surface area contributed by atoms with E-state index in [-0.39, 0.29) is 17.5 Å². The molecule has 1 aliphatic heterocycles. The molecule has 0 N–H and O–H groups in total. The van der Waals surface area contributed by atoms with Crippen molar-refractivity contribution in [3.8, 4) is 11.4 Å². The lowest BCUT2D eigenvalue weighted by atomic mass is 10.1. The van der Waals surface area contributed by atoms with Crippen LogP contribution in [0.1, 0.15) is 23.7 Å². The van der Waals surface area contributed by atoms with Gasteiger partial charge in [0.2, 0.25) is 0 Å². The number of pyridine rings is 2. The molecule has 0 saturated carbocycles. The summed E-state index contributed by atoms with van der Waals surface area (Å²) in [5, 5.41) is 5.65. The van der Waals surface area contributed by atoms with Gasteiger partial charge in [0.05, 0.1) is 40.8 Å². The molecule has 0 aliphatic carbocycles. The molecule has 8 heteroatoms. The number of imidazole rings is 1. The smallest absolute Gasteiger partial charge is 0.159 e. The molecule has 1 saturated heterocycles. The van der Waals surface area contributed by atoms with Crippen LogP contribution in [0.15, 0.2) is 36.7 Å². The lowest BCUT2D eigenvalue weighted by Gasteiger charge is -2.11.